The molecule has 0 aromatic heterocycles. The van der Waals surface area contributed by atoms with Crippen LogP contribution in [-0.2, 0) is 11.8 Å². The fraction of sp³-hybridized carbons (Fsp3) is 0.519. The number of halogens is 1. The molecule has 0 aliphatic rings. The third kappa shape index (κ3) is 6.89. The molecule has 0 amide bonds. The second kappa shape index (κ2) is 12.7. The molecular weight excluding hydrogens is 420 g/mol. The minimum Gasteiger partial charge on any atom is -0.497 e. The second-order valence-electron chi connectivity index (χ2n) is 8.91. The predicted molar refractivity (Wildman–Crippen MR) is 135 cm³/mol. The van der Waals surface area contributed by atoms with E-state index in [4.69, 9.17) is 9.47 Å². The van der Waals surface area contributed by atoms with E-state index in [0.717, 1.165) is 49.4 Å². The Labute approximate surface area is 200 Å². The topological polar surface area (TPSA) is 45.5 Å². The van der Waals surface area contributed by atoms with E-state index in [2.05, 4.69) is 63.9 Å². The molecule has 0 saturated carbocycles. The summed E-state index contributed by atoms with van der Waals surface area (Å²) in [7, 11) is 5.46. The number of methoxy groups -OCH3 is 2. The van der Waals surface area contributed by atoms with Crippen molar-refractivity contribution in [1.82, 2.24) is 4.90 Å². The van der Waals surface area contributed by atoms with Crippen molar-refractivity contribution in [2.45, 2.75) is 52.4 Å². The molecule has 0 N–H and O–H groups in total. The summed E-state index contributed by atoms with van der Waals surface area (Å²) in [5.74, 6) is 1.62. The number of nitriles is 1. The van der Waals surface area contributed by atoms with Crippen LogP contribution in [0.25, 0.3) is 0 Å². The minimum absolute atomic E-state index is 0. The summed E-state index contributed by atoms with van der Waals surface area (Å²) < 4.78 is 10.9. The average molecular weight is 459 g/mol. The molecular formula is C27H39ClN2O2. The summed E-state index contributed by atoms with van der Waals surface area (Å²) >= 11 is 0. The Hall–Kier alpha value is -2.22. The lowest BCUT2D eigenvalue weighted by Gasteiger charge is -2.32. The SMILES string of the molecule is COc1cc(OC)cc(C(C#N)(CCCN(C)CCc2ccc(C)c(C)c2)C(C)C)c1.Cl. The molecule has 0 saturated heterocycles. The molecule has 5 heteroatoms. The van der Waals surface area contributed by atoms with Crippen molar-refractivity contribution in [3.05, 3.63) is 58.7 Å². The Kier molecular flexibility index (Phi) is 11.1. The molecule has 0 aliphatic carbocycles. The van der Waals surface area contributed by atoms with Crippen LogP contribution in [0.3, 0.4) is 0 Å². The highest BCUT2D eigenvalue weighted by molar-refractivity contribution is 5.85. The van der Waals surface area contributed by atoms with Crippen LogP contribution >= 0.6 is 12.4 Å². The first-order valence-electron chi connectivity index (χ1n) is 11.1. The largest absolute Gasteiger partial charge is 0.497 e. The van der Waals surface area contributed by atoms with E-state index in [0.29, 0.717) is 0 Å². The number of nitrogens with zero attached hydrogens (tertiary/aromatic N) is 2. The van der Waals surface area contributed by atoms with Crippen LogP contribution in [0.15, 0.2) is 36.4 Å². The quantitative estimate of drug-likeness (QED) is 0.407. The number of hydrogen-bond donors (Lipinski definition) is 0. The number of rotatable bonds is 11. The Morgan fingerprint density at radius 2 is 1.59 bits per heavy atom. The Morgan fingerprint density at radius 1 is 0.969 bits per heavy atom. The molecule has 2 rings (SSSR count). The van der Waals surface area contributed by atoms with Gasteiger partial charge in [0, 0.05) is 12.6 Å². The maximum Gasteiger partial charge on any atom is 0.122 e. The molecule has 0 fully saturated rings. The van der Waals surface area contributed by atoms with Gasteiger partial charge in [-0.3, -0.25) is 0 Å². The first kappa shape index (κ1) is 27.8. The number of aryl methyl sites for hydroxylation is 2. The van der Waals surface area contributed by atoms with Crippen molar-refractivity contribution in [2.24, 2.45) is 5.92 Å². The van der Waals surface area contributed by atoms with E-state index < -0.39 is 5.41 Å². The first-order valence-corrected chi connectivity index (χ1v) is 11.1. The highest BCUT2D eigenvalue weighted by Gasteiger charge is 2.36. The second-order valence-corrected chi connectivity index (χ2v) is 8.91. The van der Waals surface area contributed by atoms with Crippen LogP contribution in [0.1, 0.15) is 48.9 Å². The van der Waals surface area contributed by atoms with Crippen molar-refractivity contribution in [3.8, 4) is 17.6 Å². The highest BCUT2D eigenvalue weighted by atomic mass is 35.5. The zero-order valence-electron chi connectivity index (χ0n) is 20.7. The number of likely N-dealkylation sites (N-methyl/N-ethyl adjacent to an activating group) is 1. The van der Waals surface area contributed by atoms with Crippen molar-refractivity contribution in [2.75, 3.05) is 34.4 Å². The van der Waals surface area contributed by atoms with Gasteiger partial charge in [0.15, 0.2) is 0 Å². The van der Waals surface area contributed by atoms with E-state index >= 15 is 0 Å². The minimum atomic E-state index is -0.573. The molecule has 0 heterocycles. The van der Waals surface area contributed by atoms with Gasteiger partial charge in [-0.05, 0) is 87.0 Å². The summed E-state index contributed by atoms with van der Waals surface area (Å²) in [6.07, 6.45) is 2.79. The maximum absolute atomic E-state index is 10.2. The van der Waals surface area contributed by atoms with E-state index in [1.165, 1.54) is 16.7 Å². The number of hydrogen-bond acceptors (Lipinski definition) is 4. The molecule has 1 unspecified atom stereocenters. The average Bonchev–Trinajstić information content (AvgIpc) is 2.77. The molecule has 0 radical (unpaired) electrons. The highest BCUT2D eigenvalue weighted by Crippen LogP contribution is 2.40. The molecule has 2 aromatic carbocycles. The first-order chi connectivity index (χ1) is 14.7. The predicted octanol–water partition coefficient (Wildman–Crippen LogP) is 6.11. The van der Waals surface area contributed by atoms with Gasteiger partial charge in [0.2, 0.25) is 0 Å². The van der Waals surface area contributed by atoms with Gasteiger partial charge in [0.05, 0.1) is 25.7 Å². The van der Waals surface area contributed by atoms with Crippen LogP contribution < -0.4 is 9.47 Å². The van der Waals surface area contributed by atoms with Crippen LogP contribution in [0, 0.1) is 31.1 Å². The van der Waals surface area contributed by atoms with Crippen molar-refractivity contribution >= 4 is 12.4 Å². The van der Waals surface area contributed by atoms with Gasteiger partial charge in [-0.2, -0.15) is 5.26 Å². The summed E-state index contributed by atoms with van der Waals surface area (Å²) in [6, 6.07) is 15.2. The Balaban J connectivity index is 0.00000512. The fourth-order valence-corrected chi connectivity index (χ4v) is 4.10. The fourth-order valence-electron chi connectivity index (χ4n) is 4.10. The van der Waals surface area contributed by atoms with Gasteiger partial charge in [-0.25, -0.2) is 0 Å². The molecule has 0 aliphatic heterocycles. The molecule has 32 heavy (non-hydrogen) atoms. The van der Waals surface area contributed by atoms with Crippen molar-refractivity contribution < 1.29 is 9.47 Å². The monoisotopic (exact) mass is 458 g/mol. The maximum atomic E-state index is 10.2. The van der Waals surface area contributed by atoms with E-state index in [9.17, 15) is 5.26 Å². The van der Waals surface area contributed by atoms with Crippen LogP contribution in [0.2, 0.25) is 0 Å². The van der Waals surface area contributed by atoms with Gasteiger partial charge < -0.3 is 14.4 Å². The van der Waals surface area contributed by atoms with Gasteiger partial charge >= 0.3 is 0 Å². The zero-order chi connectivity index (χ0) is 23.0. The van der Waals surface area contributed by atoms with Crippen molar-refractivity contribution in [3.63, 3.8) is 0 Å². The van der Waals surface area contributed by atoms with Crippen LogP contribution in [-0.4, -0.2) is 39.3 Å². The van der Waals surface area contributed by atoms with Crippen LogP contribution in [0.5, 0.6) is 11.5 Å². The molecule has 1 atom stereocenters. The molecule has 0 bridgehead atoms. The standard InChI is InChI=1S/C27H38N2O2.ClH/c1-20(2)27(19-28,24-16-25(30-6)18-26(17-24)31-7)12-8-13-29(5)14-11-23-10-9-21(3)22(4)15-23;/h9-10,15-18,20H,8,11-14H2,1-7H3;1H. The number of benzene rings is 2. The smallest absolute Gasteiger partial charge is 0.122 e. The Bertz CT molecular complexity index is 885. The molecule has 176 valence electrons. The summed E-state index contributed by atoms with van der Waals surface area (Å²) in [5, 5.41) is 10.2. The summed E-state index contributed by atoms with van der Waals surface area (Å²) in [4.78, 5) is 2.36. The van der Waals surface area contributed by atoms with E-state index in [-0.39, 0.29) is 18.3 Å². The van der Waals surface area contributed by atoms with Gasteiger partial charge in [0.1, 0.15) is 11.5 Å². The molecule has 0 spiro atoms. The third-order valence-electron chi connectivity index (χ3n) is 6.52. The zero-order valence-corrected chi connectivity index (χ0v) is 21.5. The molecule has 4 nitrogen and oxygen atoms in total. The lowest BCUT2D eigenvalue weighted by molar-refractivity contribution is 0.292. The summed E-state index contributed by atoms with van der Waals surface area (Å²) in [5.41, 5.74) is 4.47. The lowest BCUT2D eigenvalue weighted by atomic mass is 9.69. The van der Waals surface area contributed by atoms with Gasteiger partial charge in [0.25, 0.3) is 0 Å². The van der Waals surface area contributed by atoms with E-state index in [1.54, 1.807) is 14.2 Å². The Morgan fingerprint density at radius 3 is 2.09 bits per heavy atom. The third-order valence-corrected chi connectivity index (χ3v) is 6.52. The van der Waals surface area contributed by atoms with Crippen LogP contribution in [0.4, 0.5) is 0 Å². The van der Waals surface area contributed by atoms with Gasteiger partial charge in [-0.15, -0.1) is 12.4 Å². The van der Waals surface area contributed by atoms with Gasteiger partial charge in [-0.1, -0.05) is 32.0 Å². The number of ether oxygens (including phenoxy) is 2. The summed E-state index contributed by atoms with van der Waals surface area (Å²) in [6.45, 7) is 10.5. The lowest BCUT2D eigenvalue weighted by Crippen LogP contribution is -2.32. The van der Waals surface area contributed by atoms with Crippen molar-refractivity contribution in [1.29, 1.82) is 5.26 Å². The normalized spacial score (nSPS) is 12.8. The van der Waals surface area contributed by atoms with E-state index in [1.807, 2.05) is 18.2 Å². The molecule has 2 aromatic rings.